The predicted molar refractivity (Wildman–Crippen MR) is 60.8 cm³/mol. The van der Waals surface area contributed by atoms with Crippen LogP contribution in [0.25, 0.3) is 0 Å². The Morgan fingerprint density at radius 2 is 2.12 bits per heavy atom. The Kier molecular flexibility index (Phi) is 2.64. The molecule has 0 spiro atoms. The van der Waals surface area contributed by atoms with E-state index in [0.717, 1.165) is 11.3 Å². The van der Waals surface area contributed by atoms with E-state index in [-0.39, 0.29) is 11.8 Å². The number of rotatable bonds is 0. The van der Waals surface area contributed by atoms with Gasteiger partial charge in [-0.15, -0.1) is 0 Å². The van der Waals surface area contributed by atoms with Crippen LogP contribution in [0.4, 0.5) is 5.69 Å². The highest BCUT2D eigenvalue weighted by Gasteiger charge is 2.27. The van der Waals surface area contributed by atoms with Crippen molar-refractivity contribution >= 4 is 17.5 Å². The van der Waals surface area contributed by atoms with Gasteiger partial charge in [0.05, 0.1) is 0 Å². The molecule has 1 aromatic carbocycles. The molecule has 1 aliphatic heterocycles. The van der Waals surface area contributed by atoms with Gasteiger partial charge in [0.1, 0.15) is 6.04 Å². The monoisotopic (exact) mass is 218 g/mol. The fraction of sp³-hybridized carbons (Fsp3) is 0.333. The molecular formula is C12H14N2O2. The molecule has 0 saturated heterocycles. The van der Waals surface area contributed by atoms with E-state index in [4.69, 9.17) is 0 Å². The normalized spacial score (nSPS) is 19.8. The lowest BCUT2D eigenvalue weighted by Gasteiger charge is -2.23. The minimum Gasteiger partial charge on any atom is -0.327 e. The zero-order valence-corrected chi connectivity index (χ0v) is 9.36. The van der Waals surface area contributed by atoms with Crippen LogP contribution in [0.1, 0.15) is 19.4 Å². The molecule has 0 aromatic heterocycles. The maximum absolute atomic E-state index is 11.8. The lowest BCUT2D eigenvalue weighted by atomic mass is 10.1. The summed E-state index contributed by atoms with van der Waals surface area (Å²) in [7, 11) is 0. The van der Waals surface area contributed by atoms with Gasteiger partial charge in [0, 0.05) is 19.2 Å². The minimum absolute atomic E-state index is 0.0839. The molecule has 4 heteroatoms. The van der Waals surface area contributed by atoms with Gasteiger partial charge in [-0.05, 0) is 18.6 Å². The summed E-state index contributed by atoms with van der Waals surface area (Å²) in [6.45, 7) is 3.70. The molecule has 16 heavy (non-hydrogen) atoms. The van der Waals surface area contributed by atoms with Crippen molar-refractivity contribution in [2.75, 3.05) is 5.32 Å². The fourth-order valence-corrected chi connectivity index (χ4v) is 1.86. The van der Waals surface area contributed by atoms with Gasteiger partial charge in [0.2, 0.25) is 11.8 Å². The summed E-state index contributed by atoms with van der Waals surface area (Å²) in [5.74, 6) is -0.223. The van der Waals surface area contributed by atoms with Crippen LogP contribution < -0.4 is 5.32 Å². The van der Waals surface area contributed by atoms with Crippen molar-refractivity contribution < 1.29 is 9.59 Å². The van der Waals surface area contributed by atoms with Gasteiger partial charge >= 0.3 is 0 Å². The van der Waals surface area contributed by atoms with Crippen LogP contribution in [-0.2, 0) is 16.1 Å². The Hall–Kier alpha value is -1.84. The van der Waals surface area contributed by atoms with E-state index in [9.17, 15) is 9.59 Å². The van der Waals surface area contributed by atoms with Crippen LogP contribution in [-0.4, -0.2) is 22.8 Å². The molecule has 0 fully saturated rings. The number of nitrogens with zero attached hydrogens (tertiary/aromatic N) is 1. The van der Waals surface area contributed by atoms with Crippen molar-refractivity contribution in [3.63, 3.8) is 0 Å². The van der Waals surface area contributed by atoms with E-state index in [1.807, 2.05) is 24.3 Å². The number of nitrogens with one attached hydrogen (secondary N) is 1. The Balaban J connectivity index is 2.42. The van der Waals surface area contributed by atoms with Crippen molar-refractivity contribution in [3.8, 4) is 0 Å². The molecule has 1 atom stereocenters. The minimum atomic E-state index is -0.426. The number of anilines is 1. The van der Waals surface area contributed by atoms with E-state index in [0.29, 0.717) is 6.54 Å². The third-order valence-electron chi connectivity index (χ3n) is 2.87. The predicted octanol–water partition coefficient (Wildman–Crippen LogP) is 1.38. The second-order valence-corrected chi connectivity index (χ2v) is 3.97. The summed E-state index contributed by atoms with van der Waals surface area (Å²) < 4.78 is 0. The van der Waals surface area contributed by atoms with Crippen molar-refractivity contribution in [1.29, 1.82) is 0 Å². The van der Waals surface area contributed by atoms with Crippen LogP contribution in [0, 0.1) is 0 Å². The van der Waals surface area contributed by atoms with Gasteiger partial charge in [-0.3, -0.25) is 9.59 Å². The van der Waals surface area contributed by atoms with Crippen LogP contribution >= 0.6 is 0 Å². The number of para-hydroxylation sites is 1. The van der Waals surface area contributed by atoms with Gasteiger partial charge in [-0.1, -0.05) is 18.2 Å². The smallest absolute Gasteiger partial charge is 0.246 e. The molecule has 1 unspecified atom stereocenters. The molecule has 1 aromatic rings. The highest BCUT2D eigenvalue weighted by molar-refractivity contribution is 5.98. The first kappa shape index (κ1) is 10.7. The molecule has 0 saturated carbocycles. The highest BCUT2D eigenvalue weighted by atomic mass is 16.2. The third kappa shape index (κ3) is 1.78. The van der Waals surface area contributed by atoms with E-state index in [1.54, 1.807) is 11.8 Å². The molecule has 1 heterocycles. The molecule has 1 N–H and O–H groups in total. The quantitative estimate of drug-likeness (QED) is 0.715. The molecule has 2 amide bonds. The summed E-state index contributed by atoms with van der Waals surface area (Å²) in [5.41, 5.74) is 1.76. The van der Waals surface area contributed by atoms with E-state index < -0.39 is 6.04 Å². The Morgan fingerprint density at radius 1 is 1.44 bits per heavy atom. The van der Waals surface area contributed by atoms with Crippen LogP contribution in [0.2, 0.25) is 0 Å². The Morgan fingerprint density at radius 3 is 2.81 bits per heavy atom. The highest BCUT2D eigenvalue weighted by Crippen LogP contribution is 2.22. The van der Waals surface area contributed by atoms with Gasteiger partial charge in [-0.25, -0.2) is 0 Å². The second-order valence-electron chi connectivity index (χ2n) is 3.97. The zero-order chi connectivity index (χ0) is 11.7. The second kappa shape index (κ2) is 3.96. The number of amides is 2. The summed E-state index contributed by atoms with van der Waals surface area (Å²) in [4.78, 5) is 24.8. The van der Waals surface area contributed by atoms with Gasteiger partial charge in [0.15, 0.2) is 0 Å². The first-order valence-corrected chi connectivity index (χ1v) is 5.25. The lowest BCUT2D eigenvalue weighted by Crippen LogP contribution is -2.42. The summed E-state index contributed by atoms with van der Waals surface area (Å²) >= 11 is 0. The van der Waals surface area contributed by atoms with Crippen molar-refractivity contribution in [2.45, 2.75) is 26.4 Å². The Bertz CT molecular complexity index is 442. The largest absolute Gasteiger partial charge is 0.327 e. The van der Waals surface area contributed by atoms with Crippen molar-refractivity contribution in [1.82, 2.24) is 4.90 Å². The fourth-order valence-electron chi connectivity index (χ4n) is 1.86. The molecule has 0 aliphatic carbocycles. The standard InChI is InChI=1S/C12H14N2O2/c1-8-12(16)13-11-6-4-3-5-10(11)7-14(8)9(2)15/h3-6,8H,7H2,1-2H3,(H,13,16). The van der Waals surface area contributed by atoms with E-state index >= 15 is 0 Å². The topological polar surface area (TPSA) is 49.4 Å². The van der Waals surface area contributed by atoms with E-state index in [1.165, 1.54) is 6.92 Å². The van der Waals surface area contributed by atoms with Gasteiger partial charge < -0.3 is 10.2 Å². The van der Waals surface area contributed by atoms with E-state index in [2.05, 4.69) is 5.32 Å². The summed E-state index contributed by atoms with van der Waals surface area (Å²) in [6.07, 6.45) is 0. The van der Waals surface area contributed by atoms with Gasteiger partial charge in [-0.2, -0.15) is 0 Å². The Labute approximate surface area is 94.2 Å². The summed E-state index contributed by atoms with van der Waals surface area (Å²) in [5, 5.41) is 2.82. The number of hydrogen-bond acceptors (Lipinski definition) is 2. The number of carbonyl (C=O) groups excluding carboxylic acids is 2. The van der Waals surface area contributed by atoms with Crippen LogP contribution in [0.5, 0.6) is 0 Å². The maximum Gasteiger partial charge on any atom is 0.246 e. The van der Waals surface area contributed by atoms with Crippen molar-refractivity contribution in [3.05, 3.63) is 29.8 Å². The molecule has 4 nitrogen and oxygen atoms in total. The molecule has 0 radical (unpaired) electrons. The van der Waals surface area contributed by atoms with Crippen LogP contribution in [0.3, 0.4) is 0 Å². The SMILES string of the molecule is CC(=O)N1Cc2ccccc2NC(=O)C1C. The molecule has 2 rings (SSSR count). The van der Waals surface area contributed by atoms with Crippen molar-refractivity contribution in [2.24, 2.45) is 0 Å². The average Bonchev–Trinajstić information content (AvgIpc) is 2.37. The lowest BCUT2D eigenvalue weighted by molar-refractivity contribution is -0.136. The molecule has 1 aliphatic rings. The first-order valence-electron chi connectivity index (χ1n) is 5.25. The number of fused-ring (bicyclic) bond motifs is 1. The number of hydrogen-bond donors (Lipinski definition) is 1. The number of carbonyl (C=O) groups is 2. The van der Waals surface area contributed by atoms with Crippen LogP contribution in [0.15, 0.2) is 24.3 Å². The molecular weight excluding hydrogens is 204 g/mol. The van der Waals surface area contributed by atoms with Gasteiger partial charge in [0.25, 0.3) is 0 Å². The molecule has 84 valence electrons. The zero-order valence-electron chi connectivity index (χ0n) is 9.36. The maximum atomic E-state index is 11.8. The first-order chi connectivity index (χ1) is 7.59. The number of benzene rings is 1. The third-order valence-corrected chi connectivity index (χ3v) is 2.87. The average molecular weight is 218 g/mol. The summed E-state index contributed by atoms with van der Waals surface area (Å²) in [6, 6.07) is 7.12. The molecule has 0 bridgehead atoms.